The van der Waals surface area contributed by atoms with Gasteiger partial charge in [-0.05, 0) is 24.1 Å². The molecule has 1 atom stereocenters. The third-order valence-corrected chi connectivity index (χ3v) is 3.37. The van der Waals surface area contributed by atoms with Gasteiger partial charge in [0.1, 0.15) is 0 Å². The van der Waals surface area contributed by atoms with Crippen LogP contribution in [0, 0.1) is 0 Å². The predicted octanol–water partition coefficient (Wildman–Crippen LogP) is 2.41. The zero-order valence-corrected chi connectivity index (χ0v) is 11.6. The highest BCUT2D eigenvalue weighted by Gasteiger charge is 2.22. The summed E-state index contributed by atoms with van der Waals surface area (Å²) in [6.45, 7) is 7.37. The van der Waals surface area contributed by atoms with E-state index in [1.807, 2.05) is 0 Å². The van der Waals surface area contributed by atoms with E-state index in [0.717, 1.165) is 13.1 Å². The number of rotatable bonds is 5. The quantitative estimate of drug-likeness (QED) is 0.866. The molecule has 1 N–H and O–H groups in total. The van der Waals surface area contributed by atoms with E-state index >= 15 is 0 Å². The van der Waals surface area contributed by atoms with Gasteiger partial charge in [0.05, 0.1) is 6.61 Å². The van der Waals surface area contributed by atoms with Crippen LogP contribution >= 0.6 is 0 Å². The highest BCUT2D eigenvalue weighted by atomic mass is 16.5. The fraction of sp³-hybridized carbons (Fsp3) is 0.600. The van der Waals surface area contributed by atoms with Crippen molar-refractivity contribution >= 4 is 5.69 Å². The van der Waals surface area contributed by atoms with E-state index in [1.54, 1.807) is 7.11 Å². The molecule has 0 saturated carbocycles. The molecule has 1 aromatic carbocycles. The molecule has 0 spiro atoms. The maximum atomic E-state index is 5.13. The molecule has 100 valence electrons. The predicted molar refractivity (Wildman–Crippen MR) is 76.0 cm³/mol. The molecule has 1 aliphatic rings. The number of hydrogen-bond acceptors (Lipinski definition) is 3. The first kappa shape index (κ1) is 13.4. The Bertz CT molecular complexity index is 361. The van der Waals surface area contributed by atoms with Gasteiger partial charge in [0.25, 0.3) is 0 Å². The van der Waals surface area contributed by atoms with E-state index in [-0.39, 0.29) is 0 Å². The molecule has 2 rings (SSSR count). The van der Waals surface area contributed by atoms with Crippen LogP contribution in [0.15, 0.2) is 24.3 Å². The molecule has 0 aromatic heterocycles. The number of benzene rings is 1. The van der Waals surface area contributed by atoms with E-state index in [4.69, 9.17) is 4.74 Å². The van der Waals surface area contributed by atoms with Crippen molar-refractivity contribution in [3.63, 3.8) is 0 Å². The molecule has 1 aromatic rings. The average molecular weight is 248 g/mol. The first-order chi connectivity index (χ1) is 8.69. The van der Waals surface area contributed by atoms with Gasteiger partial charge in [-0.3, -0.25) is 0 Å². The molecule has 0 radical (unpaired) electrons. The van der Waals surface area contributed by atoms with Gasteiger partial charge < -0.3 is 15.0 Å². The van der Waals surface area contributed by atoms with Crippen LogP contribution in [0.4, 0.5) is 5.69 Å². The molecule has 0 amide bonds. The zero-order chi connectivity index (χ0) is 13.0. The minimum absolute atomic E-state index is 0.569. The Morgan fingerprint density at radius 1 is 1.33 bits per heavy atom. The maximum absolute atomic E-state index is 5.13. The van der Waals surface area contributed by atoms with Gasteiger partial charge in [0, 0.05) is 38.0 Å². The summed E-state index contributed by atoms with van der Waals surface area (Å²) >= 11 is 0. The van der Waals surface area contributed by atoms with E-state index in [2.05, 4.69) is 48.3 Å². The van der Waals surface area contributed by atoms with Crippen LogP contribution in [0.3, 0.4) is 0 Å². The Labute approximate surface area is 110 Å². The van der Waals surface area contributed by atoms with Gasteiger partial charge in [-0.2, -0.15) is 0 Å². The first-order valence-corrected chi connectivity index (χ1v) is 6.78. The summed E-state index contributed by atoms with van der Waals surface area (Å²) in [7, 11) is 1.73. The molecule has 0 aliphatic carbocycles. The third kappa shape index (κ3) is 3.47. The number of hydrogen-bond donors (Lipinski definition) is 1. The molecule has 18 heavy (non-hydrogen) atoms. The Morgan fingerprint density at radius 2 is 2.06 bits per heavy atom. The van der Waals surface area contributed by atoms with Crippen molar-refractivity contribution in [1.29, 1.82) is 0 Å². The molecule has 1 unspecified atom stereocenters. The van der Waals surface area contributed by atoms with Gasteiger partial charge in [-0.1, -0.05) is 26.0 Å². The van der Waals surface area contributed by atoms with Crippen LogP contribution in [-0.4, -0.2) is 32.3 Å². The molecule has 1 aliphatic heterocycles. The monoisotopic (exact) mass is 248 g/mol. The van der Waals surface area contributed by atoms with Crippen LogP contribution in [0.2, 0.25) is 0 Å². The normalized spacial score (nSPS) is 19.8. The topological polar surface area (TPSA) is 24.5 Å². The second-order valence-electron chi connectivity index (χ2n) is 5.35. The summed E-state index contributed by atoms with van der Waals surface area (Å²) in [5, 5.41) is 3.61. The van der Waals surface area contributed by atoms with Crippen molar-refractivity contribution in [2.75, 3.05) is 25.1 Å². The molecule has 1 heterocycles. The van der Waals surface area contributed by atoms with Crippen molar-refractivity contribution in [1.82, 2.24) is 5.32 Å². The number of ether oxygens (including phenoxy) is 1. The van der Waals surface area contributed by atoms with Crippen LogP contribution in [0.1, 0.15) is 25.8 Å². The SMILES string of the molecule is COCc1ccc(N2CCC(NC(C)C)C2)cc1. The zero-order valence-electron chi connectivity index (χ0n) is 11.6. The third-order valence-electron chi connectivity index (χ3n) is 3.37. The summed E-state index contributed by atoms with van der Waals surface area (Å²) in [6.07, 6.45) is 1.23. The van der Waals surface area contributed by atoms with E-state index in [0.29, 0.717) is 18.7 Å². The van der Waals surface area contributed by atoms with Gasteiger partial charge >= 0.3 is 0 Å². The van der Waals surface area contributed by atoms with Crippen LogP contribution in [0.25, 0.3) is 0 Å². The lowest BCUT2D eigenvalue weighted by atomic mass is 10.2. The summed E-state index contributed by atoms with van der Waals surface area (Å²) in [5.74, 6) is 0. The molecular formula is C15H24N2O. The van der Waals surface area contributed by atoms with Crippen LogP contribution < -0.4 is 10.2 Å². The molecule has 0 bridgehead atoms. The van der Waals surface area contributed by atoms with Gasteiger partial charge in [0.15, 0.2) is 0 Å². The smallest absolute Gasteiger partial charge is 0.0713 e. The van der Waals surface area contributed by atoms with Crippen LogP contribution in [-0.2, 0) is 11.3 Å². The summed E-state index contributed by atoms with van der Waals surface area (Å²) < 4.78 is 5.13. The molecule has 1 fully saturated rings. The number of anilines is 1. The molecular weight excluding hydrogens is 224 g/mol. The molecule has 1 saturated heterocycles. The highest BCUT2D eigenvalue weighted by Crippen LogP contribution is 2.21. The Hall–Kier alpha value is -1.06. The summed E-state index contributed by atoms with van der Waals surface area (Å²) in [5.41, 5.74) is 2.56. The van der Waals surface area contributed by atoms with Gasteiger partial charge in [0.2, 0.25) is 0 Å². The fourth-order valence-electron chi connectivity index (χ4n) is 2.57. The highest BCUT2D eigenvalue weighted by molar-refractivity contribution is 5.48. The standard InChI is InChI=1S/C15H24N2O/c1-12(2)16-14-8-9-17(10-14)15-6-4-13(5-7-15)11-18-3/h4-7,12,14,16H,8-11H2,1-3H3. The maximum Gasteiger partial charge on any atom is 0.0713 e. The minimum atomic E-state index is 0.569. The van der Waals surface area contributed by atoms with Gasteiger partial charge in [-0.25, -0.2) is 0 Å². The number of methoxy groups -OCH3 is 1. The van der Waals surface area contributed by atoms with Crippen molar-refractivity contribution in [3.05, 3.63) is 29.8 Å². The molecule has 3 heteroatoms. The van der Waals surface area contributed by atoms with Crippen molar-refractivity contribution in [2.24, 2.45) is 0 Å². The number of nitrogens with zero attached hydrogens (tertiary/aromatic N) is 1. The molecule has 3 nitrogen and oxygen atoms in total. The van der Waals surface area contributed by atoms with E-state index < -0.39 is 0 Å². The van der Waals surface area contributed by atoms with Crippen molar-refractivity contribution in [2.45, 2.75) is 39.0 Å². The van der Waals surface area contributed by atoms with E-state index in [9.17, 15) is 0 Å². The Balaban J connectivity index is 1.92. The lowest BCUT2D eigenvalue weighted by Gasteiger charge is -2.20. The second kappa shape index (κ2) is 6.21. The average Bonchev–Trinajstić information content (AvgIpc) is 2.78. The second-order valence-corrected chi connectivity index (χ2v) is 5.35. The first-order valence-electron chi connectivity index (χ1n) is 6.78. The lowest BCUT2D eigenvalue weighted by molar-refractivity contribution is 0.185. The lowest BCUT2D eigenvalue weighted by Crippen LogP contribution is -2.36. The van der Waals surface area contributed by atoms with Gasteiger partial charge in [-0.15, -0.1) is 0 Å². The van der Waals surface area contributed by atoms with Crippen LogP contribution in [0.5, 0.6) is 0 Å². The summed E-state index contributed by atoms with van der Waals surface area (Å²) in [6, 6.07) is 9.91. The van der Waals surface area contributed by atoms with E-state index in [1.165, 1.54) is 17.7 Å². The van der Waals surface area contributed by atoms with Crippen molar-refractivity contribution in [3.8, 4) is 0 Å². The van der Waals surface area contributed by atoms with Crippen molar-refractivity contribution < 1.29 is 4.74 Å². The Morgan fingerprint density at radius 3 is 2.67 bits per heavy atom. The minimum Gasteiger partial charge on any atom is -0.380 e. The fourth-order valence-corrected chi connectivity index (χ4v) is 2.57. The summed E-state index contributed by atoms with van der Waals surface area (Å²) in [4.78, 5) is 2.45. The Kier molecular flexibility index (Phi) is 4.61. The largest absolute Gasteiger partial charge is 0.380 e. The number of nitrogens with one attached hydrogen (secondary N) is 1.